The summed E-state index contributed by atoms with van der Waals surface area (Å²) in [6.45, 7) is 2.98. The molecule has 0 bridgehead atoms. The summed E-state index contributed by atoms with van der Waals surface area (Å²) in [6, 6.07) is 7.15. The summed E-state index contributed by atoms with van der Waals surface area (Å²) in [7, 11) is 0. The number of carbonyl (C=O) groups is 1. The quantitative estimate of drug-likeness (QED) is 0.901. The fourth-order valence-electron chi connectivity index (χ4n) is 3.14. The van der Waals surface area contributed by atoms with Crippen LogP contribution in [0.3, 0.4) is 0 Å². The van der Waals surface area contributed by atoms with Gasteiger partial charge in [0.1, 0.15) is 5.82 Å². The molecule has 1 heterocycles. The van der Waals surface area contributed by atoms with Gasteiger partial charge in [-0.3, -0.25) is 4.79 Å². The minimum absolute atomic E-state index is 0. The smallest absolute Gasteiger partial charge is 0.223 e. The SMILES string of the molecule is C[C@H]1C[C@@H](C(=O)NC2(c3ccccc3F)CC2)CCN1.Cl. The average molecular weight is 313 g/mol. The highest BCUT2D eigenvalue weighted by atomic mass is 35.5. The van der Waals surface area contributed by atoms with Crippen molar-refractivity contribution in [2.75, 3.05) is 6.54 Å². The van der Waals surface area contributed by atoms with E-state index < -0.39 is 5.54 Å². The molecule has 21 heavy (non-hydrogen) atoms. The minimum atomic E-state index is -0.448. The molecule has 1 aliphatic heterocycles. The number of nitrogens with one attached hydrogen (secondary N) is 2. The third kappa shape index (κ3) is 3.38. The van der Waals surface area contributed by atoms with Gasteiger partial charge in [-0.1, -0.05) is 18.2 Å². The Labute approximate surface area is 131 Å². The van der Waals surface area contributed by atoms with E-state index in [9.17, 15) is 9.18 Å². The molecule has 0 unspecified atom stereocenters. The van der Waals surface area contributed by atoms with Gasteiger partial charge in [0.15, 0.2) is 0 Å². The van der Waals surface area contributed by atoms with Gasteiger partial charge in [0.2, 0.25) is 5.91 Å². The van der Waals surface area contributed by atoms with Crippen molar-refractivity contribution < 1.29 is 9.18 Å². The van der Waals surface area contributed by atoms with Gasteiger partial charge in [0.25, 0.3) is 0 Å². The number of amides is 1. The molecule has 1 saturated heterocycles. The Morgan fingerprint density at radius 2 is 2.10 bits per heavy atom. The number of hydrogen-bond donors (Lipinski definition) is 2. The molecular weight excluding hydrogens is 291 g/mol. The van der Waals surface area contributed by atoms with Gasteiger partial charge in [0.05, 0.1) is 5.54 Å². The number of rotatable bonds is 3. The number of piperidine rings is 1. The highest BCUT2D eigenvalue weighted by Gasteiger charge is 2.48. The second-order valence-electron chi connectivity index (χ2n) is 6.13. The highest BCUT2D eigenvalue weighted by Crippen LogP contribution is 2.46. The van der Waals surface area contributed by atoms with Crippen molar-refractivity contribution in [2.24, 2.45) is 5.92 Å². The molecule has 5 heteroatoms. The molecule has 0 spiro atoms. The van der Waals surface area contributed by atoms with Crippen LogP contribution in [0.1, 0.15) is 38.2 Å². The Bertz CT molecular complexity index is 519. The topological polar surface area (TPSA) is 41.1 Å². The second kappa shape index (κ2) is 6.32. The normalized spacial score (nSPS) is 26.6. The van der Waals surface area contributed by atoms with Crippen LogP contribution in [0.4, 0.5) is 4.39 Å². The molecular formula is C16H22ClFN2O. The molecule has 3 rings (SSSR count). The monoisotopic (exact) mass is 312 g/mol. The third-order valence-corrected chi connectivity index (χ3v) is 4.50. The standard InChI is InChI=1S/C16H21FN2O.ClH/c1-11-10-12(6-9-18-11)15(20)19-16(7-8-16)13-4-2-3-5-14(13)17;/h2-5,11-12,18H,6-10H2,1H3,(H,19,20);1H/t11-,12-;/m0./s1. The summed E-state index contributed by atoms with van der Waals surface area (Å²) in [5, 5.41) is 6.45. The van der Waals surface area contributed by atoms with E-state index >= 15 is 0 Å². The maximum atomic E-state index is 13.9. The van der Waals surface area contributed by atoms with E-state index in [0.29, 0.717) is 11.6 Å². The molecule has 2 atom stereocenters. The van der Waals surface area contributed by atoms with Crippen LogP contribution in [0.5, 0.6) is 0 Å². The largest absolute Gasteiger partial charge is 0.346 e. The minimum Gasteiger partial charge on any atom is -0.346 e. The summed E-state index contributed by atoms with van der Waals surface area (Å²) in [6.07, 6.45) is 3.39. The van der Waals surface area contributed by atoms with Gasteiger partial charge in [0, 0.05) is 17.5 Å². The molecule has 2 fully saturated rings. The summed E-state index contributed by atoms with van der Waals surface area (Å²) >= 11 is 0. The van der Waals surface area contributed by atoms with Crippen molar-refractivity contribution in [1.29, 1.82) is 0 Å². The Morgan fingerprint density at radius 3 is 2.71 bits per heavy atom. The lowest BCUT2D eigenvalue weighted by atomic mass is 9.91. The van der Waals surface area contributed by atoms with Gasteiger partial charge in [-0.2, -0.15) is 0 Å². The zero-order valence-corrected chi connectivity index (χ0v) is 13.0. The summed E-state index contributed by atoms with van der Waals surface area (Å²) in [5.74, 6) is -0.0846. The molecule has 1 aliphatic carbocycles. The zero-order chi connectivity index (χ0) is 14.2. The van der Waals surface area contributed by atoms with Gasteiger partial charge in [-0.15, -0.1) is 12.4 Å². The Balaban J connectivity index is 0.00000161. The van der Waals surface area contributed by atoms with E-state index in [4.69, 9.17) is 0 Å². The third-order valence-electron chi connectivity index (χ3n) is 4.50. The van der Waals surface area contributed by atoms with E-state index in [0.717, 1.165) is 32.2 Å². The van der Waals surface area contributed by atoms with E-state index in [1.165, 1.54) is 6.07 Å². The lowest BCUT2D eigenvalue weighted by molar-refractivity contribution is -0.127. The van der Waals surface area contributed by atoms with E-state index in [-0.39, 0.29) is 30.0 Å². The first-order chi connectivity index (χ1) is 9.61. The molecule has 1 saturated carbocycles. The van der Waals surface area contributed by atoms with Crippen molar-refractivity contribution in [3.05, 3.63) is 35.6 Å². The van der Waals surface area contributed by atoms with Gasteiger partial charge < -0.3 is 10.6 Å². The van der Waals surface area contributed by atoms with Gasteiger partial charge in [-0.25, -0.2) is 4.39 Å². The van der Waals surface area contributed by atoms with Crippen LogP contribution >= 0.6 is 12.4 Å². The Hall–Kier alpha value is -1.13. The van der Waals surface area contributed by atoms with Crippen LogP contribution in [0.2, 0.25) is 0 Å². The summed E-state index contributed by atoms with van der Waals surface area (Å²) in [4.78, 5) is 12.4. The van der Waals surface area contributed by atoms with Gasteiger partial charge in [-0.05, 0) is 45.2 Å². The van der Waals surface area contributed by atoms with Crippen molar-refractivity contribution in [3.8, 4) is 0 Å². The molecule has 0 aromatic heterocycles. The fourth-order valence-corrected chi connectivity index (χ4v) is 3.14. The molecule has 2 aliphatic rings. The van der Waals surface area contributed by atoms with Crippen molar-refractivity contribution in [1.82, 2.24) is 10.6 Å². The maximum Gasteiger partial charge on any atom is 0.223 e. The van der Waals surface area contributed by atoms with Crippen LogP contribution in [0.15, 0.2) is 24.3 Å². The lowest BCUT2D eigenvalue weighted by Crippen LogP contribution is -2.45. The van der Waals surface area contributed by atoms with Crippen molar-refractivity contribution in [3.63, 3.8) is 0 Å². The first-order valence-electron chi connectivity index (χ1n) is 7.41. The predicted molar refractivity (Wildman–Crippen MR) is 82.9 cm³/mol. The van der Waals surface area contributed by atoms with Gasteiger partial charge >= 0.3 is 0 Å². The van der Waals surface area contributed by atoms with Crippen molar-refractivity contribution in [2.45, 2.75) is 44.2 Å². The predicted octanol–water partition coefficient (Wildman–Crippen LogP) is 2.74. The molecule has 116 valence electrons. The molecule has 0 radical (unpaired) electrons. The lowest BCUT2D eigenvalue weighted by Gasteiger charge is -2.29. The summed E-state index contributed by atoms with van der Waals surface area (Å²) in [5.41, 5.74) is 0.187. The number of benzene rings is 1. The van der Waals surface area contributed by atoms with E-state index in [1.54, 1.807) is 12.1 Å². The number of hydrogen-bond acceptors (Lipinski definition) is 2. The molecule has 2 N–H and O–H groups in total. The highest BCUT2D eigenvalue weighted by molar-refractivity contribution is 5.85. The van der Waals surface area contributed by atoms with Crippen LogP contribution in [0, 0.1) is 11.7 Å². The van der Waals surface area contributed by atoms with E-state index in [2.05, 4.69) is 17.6 Å². The van der Waals surface area contributed by atoms with Crippen LogP contribution < -0.4 is 10.6 Å². The zero-order valence-electron chi connectivity index (χ0n) is 12.2. The fraction of sp³-hybridized carbons (Fsp3) is 0.562. The number of carbonyl (C=O) groups excluding carboxylic acids is 1. The molecule has 1 aromatic carbocycles. The molecule has 1 aromatic rings. The maximum absolute atomic E-state index is 13.9. The van der Waals surface area contributed by atoms with E-state index in [1.807, 2.05) is 6.07 Å². The summed E-state index contributed by atoms with van der Waals surface area (Å²) < 4.78 is 13.9. The Kier molecular flexibility index (Phi) is 4.89. The first-order valence-corrected chi connectivity index (χ1v) is 7.41. The number of halogens is 2. The second-order valence-corrected chi connectivity index (χ2v) is 6.13. The molecule has 3 nitrogen and oxygen atoms in total. The average Bonchev–Trinajstić information content (AvgIpc) is 3.20. The first kappa shape index (κ1) is 16.2. The van der Waals surface area contributed by atoms with Crippen molar-refractivity contribution >= 4 is 18.3 Å². The van der Waals surface area contributed by atoms with Crippen LogP contribution in [-0.4, -0.2) is 18.5 Å². The van der Waals surface area contributed by atoms with Crippen LogP contribution in [-0.2, 0) is 10.3 Å². The van der Waals surface area contributed by atoms with Crippen LogP contribution in [0.25, 0.3) is 0 Å². The molecule has 1 amide bonds. The Morgan fingerprint density at radius 1 is 1.38 bits per heavy atom.